The molecule has 0 saturated heterocycles. The van der Waals surface area contributed by atoms with E-state index in [4.69, 9.17) is 12.2 Å². The number of aryl methyl sites for hydroxylation is 2. The second-order valence-electron chi connectivity index (χ2n) is 5.32. The first-order valence-electron chi connectivity index (χ1n) is 8.06. The summed E-state index contributed by atoms with van der Waals surface area (Å²) in [6.45, 7) is 8.86. The van der Waals surface area contributed by atoms with Gasteiger partial charge in [-0.2, -0.15) is 0 Å². The third-order valence-electron chi connectivity index (χ3n) is 3.86. The van der Waals surface area contributed by atoms with Crippen LogP contribution in [0.25, 0.3) is 0 Å². The average Bonchev–Trinajstić information content (AvgIpc) is 2.60. The summed E-state index contributed by atoms with van der Waals surface area (Å²) >= 11 is 5.69. The molecular weight excluding hydrogens is 300 g/mol. The van der Waals surface area contributed by atoms with E-state index in [9.17, 15) is 0 Å². The average molecular weight is 324 g/mol. The van der Waals surface area contributed by atoms with E-state index in [1.807, 2.05) is 24.3 Å². The molecule has 0 heterocycles. The fourth-order valence-electron chi connectivity index (χ4n) is 2.62. The molecule has 0 fully saturated rings. The smallest absolute Gasteiger partial charge is 0.178 e. The molecule has 0 saturated carbocycles. The molecule has 3 heteroatoms. The normalized spacial score (nSPS) is 10.2. The fourth-order valence-corrected chi connectivity index (χ4v) is 2.90. The van der Waals surface area contributed by atoms with Gasteiger partial charge in [-0.3, -0.25) is 0 Å². The number of para-hydroxylation sites is 2. The van der Waals surface area contributed by atoms with E-state index in [-0.39, 0.29) is 0 Å². The minimum atomic E-state index is 0.672. The summed E-state index contributed by atoms with van der Waals surface area (Å²) in [5.74, 6) is 0. The van der Waals surface area contributed by atoms with Gasteiger partial charge < -0.3 is 10.2 Å². The molecule has 0 aliphatic carbocycles. The van der Waals surface area contributed by atoms with Crippen molar-refractivity contribution in [1.82, 2.24) is 0 Å². The van der Waals surface area contributed by atoms with Gasteiger partial charge in [0, 0.05) is 17.9 Å². The maximum atomic E-state index is 5.69. The number of hydrogen-bond acceptors (Lipinski definition) is 1. The Balaban J connectivity index is 2.31. The molecule has 0 bridgehead atoms. The molecule has 0 aliphatic rings. The second-order valence-corrected chi connectivity index (χ2v) is 5.71. The van der Waals surface area contributed by atoms with Gasteiger partial charge in [0.2, 0.25) is 0 Å². The van der Waals surface area contributed by atoms with E-state index in [2.05, 4.69) is 61.0 Å². The summed E-state index contributed by atoms with van der Waals surface area (Å²) in [6, 6.07) is 16.6. The first kappa shape index (κ1) is 17.2. The summed E-state index contributed by atoms with van der Waals surface area (Å²) in [7, 11) is 0. The summed E-state index contributed by atoms with van der Waals surface area (Å²) in [6.07, 6.45) is 3.82. The molecular formula is C20H24N2S. The summed E-state index contributed by atoms with van der Waals surface area (Å²) < 4.78 is 0. The first-order valence-corrected chi connectivity index (χ1v) is 8.47. The summed E-state index contributed by atoms with van der Waals surface area (Å²) in [5, 5.41) is 4.17. The van der Waals surface area contributed by atoms with Gasteiger partial charge in [0.05, 0.1) is 0 Å². The van der Waals surface area contributed by atoms with Crippen molar-refractivity contribution in [2.45, 2.75) is 26.7 Å². The van der Waals surface area contributed by atoms with E-state index in [1.54, 1.807) is 0 Å². The number of rotatable bonds is 6. The second kappa shape index (κ2) is 8.49. The summed E-state index contributed by atoms with van der Waals surface area (Å²) in [5.41, 5.74) is 4.79. The van der Waals surface area contributed by atoms with Gasteiger partial charge in [0.25, 0.3) is 0 Å². The molecule has 0 radical (unpaired) electrons. The highest BCUT2D eigenvalue weighted by molar-refractivity contribution is 7.80. The number of nitrogens with one attached hydrogen (secondary N) is 1. The number of hydrogen-bond donors (Lipinski definition) is 1. The molecule has 23 heavy (non-hydrogen) atoms. The maximum absolute atomic E-state index is 5.69. The lowest BCUT2D eigenvalue weighted by Crippen LogP contribution is -2.35. The third-order valence-corrected chi connectivity index (χ3v) is 4.18. The van der Waals surface area contributed by atoms with E-state index >= 15 is 0 Å². The van der Waals surface area contributed by atoms with Crippen molar-refractivity contribution in [2.75, 3.05) is 16.8 Å². The molecule has 0 atom stereocenters. The minimum Gasteiger partial charge on any atom is -0.332 e. The Hall–Kier alpha value is -2.13. The van der Waals surface area contributed by atoms with Crippen LogP contribution in [-0.2, 0) is 12.8 Å². The molecule has 2 aromatic carbocycles. The SMILES string of the molecule is C=CCN(C(=S)Nc1c(CC)cccc1CC)c1ccccc1. The predicted octanol–water partition coefficient (Wildman–Crippen LogP) is 5.20. The van der Waals surface area contributed by atoms with Crippen molar-refractivity contribution in [1.29, 1.82) is 0 Å². The van der Waals surface area contributed by atoms with Gasteiger partial charge in [-0.05, 0) is 48.3 Å². The topological polar surface area (TPSA) is 15.3 Å². The van der Waals surface area contributed by atoms with Crippen molar-refractivity contribution in [3.05, 3.63) is 72.3 Å². The van der Waals surface area contributed by atoms with E-state index in [0.717, 1.165) is 24.2 Å². The quantitative estimate of drug-likeness (QED) is 0.581. The highest BCUT2D eigenvalue weighted by Gasteiger charge is 2.14. The van der Waals surface area contributed by atoms with Crippen LogP contribution in [0.5, 0.6) is 0 Å². The van der Waals surface area contributed by atoms with Gasteiger partial charge in [-0.15, -0.1) is 6.58 Å². The fraction of sp³-hybridized carbons (Fsp3) is 0.250. The Morgan fingerprint density at radius 1 is 1.04 bits per heavy atom. The molecule has 2 nitrogen and oxygen atoms in total. The van der Waals surface area contributed by atoms with Crippen LogP contribution in [-0.4, -0.2) is 11.7 Å². The lowest BCUT2D eigenvalue weighted by atomic mass is 10.0. The summed E-state index contributed by atoms with van der Waals surface area (Å²) in [4.78, 5) is 2.06. The Labute approximate surface area is 144 Å². The van der Waals surface area contributed by atoms with Crippen LogP contribution in [0.2, 0.25) is 0 Å². The van der Waals surface area contributed by atoms with Gasteiger partial charge in [0.15, 0.2) is 5.11 Å². The molecule has 120 valence electrons. The Morgan fingerprint density at radius 2 is 1.65 bits per heavy atom. The molecule has 0 aromatic heterocycles. The zero-order chi connectivity index (χ0) is 16.7. The highest BCUT2D eigenvalue weighted by atomic mass is 32.1. The largest absolute Gasteiger partial charge is 0.332 e. The van der Waals surface area contributed by atoms with Crippen LogP contribution < -0.4 is 10.2 Å². The van der Waals surface area contributed by atoms with Crippen LogP contribution in [0.4, 0.5) is 11.4 Å². The van der Waals surface area contributed by atoms with Gasteiger partial charge in [-0.25, -0.2) is 0 Å². The monoisotopic (exact) mass is 324 g/mol. The molecule has 0 spiro atoms. The Kier molecular flexibility index (Phi) is 6.36. The zero-order valence-electron chi connectivity index (χ0n) is 13.9. The third kappa shape index (κ3) is 4.20. The lowest BCUT2D eigenvalue weighted by Gasteiger charge is -2.26. The number of anilines is 2. The van der Waals surface area contributed by atoms with Crippen molar-refractivity contribution >= 4 is 28.7 Å². The molecule has 1 N–H and O–H groups in total. The highest BCUT2D eigenvalue weighted by Crippen LogP contribution is 2.24. The van der Waals surface area contributed by atoms with Gasteiger partial charge in [0.1, 0.15) is 0 Å². The molecule has 2 rings (SSSR count). The van der Waals surface area contributed by atoms with E-state index < -0.39 is 0 Å². The first-order chi connectivity index (χ1) is 11.2. The Bertz CT molecular complexity index is 642. The zero-order valence-corrected chi connectivity index (χ0v) is 14.7. The van der Waals surface area contributed by atoms with Crippen LogP contribution in [0.15, 0.2) is 61.2 Å². The van der Waals surface area contributed by atoms with E-state index in [1.165, 1.54) is 11.1 Å². The standard InChI is InChI=1S/C20H24N2S/c1-4-15-22(18-13-8-7-9-14-18)20(23)21-19-16(5-2)11-10-12-17(19)6-3/h4,7-14H,1,5-6,15H2,2-3H3,(H,21,23). The maximum Gasteiger partial charge on any atom is 0.178 e. The van der Waals surface area contributed by atoms with Crippen LogP contribution in [0, 0.1) is 0 Å². The predicted molar refractivity (Wildman–Crippen MR) is 105 cm³/mol. The van der Waals surface area contributed by atoms with Crippen LogP contribution >= 0.6 is 12.2 Å². The number of benzene rings is 2. The molecule has 0 amide bonds. The number of thiocarbonyl (C=S) groups is 1. The van der Waals surface area contributed by atoms with E-state index in [0.29, 0.717) is 11.7 Å². The molecule has 0 aliphatic heterocycles. The van der Waals surface area contributed by atoms with Crippen molar-refractivity contribution in [2.24, 2.45) is 0 Å². The molecule has 2 aromatic rings. The van der Waals surface area contributed by atoms with Gasteiger partial charge >= 0.3 is 0 Å². The van der Waals surface area contributed by atoms with Crippen LogP contribution in [0.1, 0.15) is 25.0 Å². The Morgan fingerprint density at radius 3 is 2.17 bits per heavy atom. The van der Waals surface area contributed by atoms with Crippen molar-refractivity contribution in [3.63, 3.8) is 0 Å². The lowest BCUT2D eigenvalue weighted by molar-refractivity contribution is 1.09. The van der Waals surface area contributed by atoms with Crippen LogP contribution in [0.3, 0.4) is 0 Å². The minimum absolute atomic E-state index is 0.672. The van der Waals surface area contributed by atoms with Gasteiger partial charge in [-0.1, -0.05) is 56.3 Å². The van der Waals surface area contributed by atoms with Crippen molar-refractivity contribution in [3.8, 4) is 0 Å². The number of nitrogens with zero attached hydrogens (tertiary/aromatic N) is 1. The molecule has 0 unspecified atom stereocenters. The van der Waals surface area contributed by atoms with Crippen molar-refractivity contribution < 1.29 is 0 Å².